The fraction of sp³-hybridized carbons (Fsp3) is 0.211. The van der Waals surface area contributed by atoms with Crippen LogP contribution in [0.25, 0.3) is 22.4 Å². The van der Waals surface area contributed by atoms with Crippen molar-refractivity contribution in [2.45, 2.75) is 13.8 Å². The average Bonchev–Trinajstić information content (AvgIpc) is 3.00. The van der Waals surface area contributed by atoms with Crippen molar-refractivity contribution >= 4 is 39.4 Å². The molecule has 3 rings (SSSR count). The summed E-state index contributed by atoms with van der Waals surface area (Å²) in [7, 11) is 2.94. The minimum absolute atomic E-state index is 0.0494. The Balaban J connectivity index is 2.03. The fourth-order valence-electron chi connectivity index (χ4n) is 2.61. The number of aromatic nitrogens is 1. The van der Waals surface area contributed by atoms with Crippen LogP contribution >= 0.6 is 11.3 Å². The Bertz CT molecular complexity index is 985. The zero-order valence-electron chi connectivity index (χ0n) is 14.9. The maximum Gasteiger partial charge on any atom is 0.280 e. The molecule has 3 aromatic rings. The first-order chi connectivity index (χ1) is 12.4. The van der Waals surface area contributed by atoms with Gasteiger partial charge >= 0.3 is 0 Å². The van der Waals surface area contributed by atoms with Crippen LogP contribution in [0.1, 0.15) is 21.7 Å². The van der Waals surface area contributed by atoms with Gasteiger partial charge in [0.1, 0.15) is 5.01 Å². The zero-order chi connectivity index (χ0) is 18.8. The van der Waals surface area contributed by atoms with Crippen molar-refractivity contribution in [3.8, 4) is 11.5 Å². The van der Waals surface area contributed by atoms with E-state index in [1.54, 1.807) is 29.6 Å². The van der Waals surface area contributed by atoms with Gasteiger partial charge in [0.05, 0.1) is 41.0 Å². The highest BCUT2D eigenvalue weighted by atomic mass is 32.1. The molecule has 0 aliphatic rings. The summed E-state index contributed by atoms with van der Waals surface area (Å²) in [6.07, 6.45) is 3.46. The maximum atomic E-state index is 11.4. The normalized spacial score (nSPS) is 11.2. The van der Waals surface area contributed by atoms with E-state index in [-0.39, 0.29) is 5.69 Å². The van der Waals surface area contributed by atoms with Gasteiger partial charge in [-0.15, -0.1) is 11.3 Å². The van der Waals surface area contributed by atoms with Crippen LogP contribution < -0.4 is 9.47 Å². The second-order valence-electron chi connectivity index (χ2n) is 5.81. The zero-order valence-corrected chi connectivity index (χ0v) is 15.7. The van der Waals surface area contributed by atoms with Crippen molar-refractivity contribution in [3.63, 3.8) is 0 Å². The van der Waals surface area contributed by atoms with E-state index in [0.717, 1.165) is 15.2 Å². The monoisotopic (exact) mass is 370 g/mol. The van der Waals surface area contributed by atoms with Crippen molar-refractivity contribution < 1.29 is 14.4 Å². The van der Waals surface area contributed by atoms with E-state index in [1.165, 1.54) is 31.4 Å². The van der Waals surface area contributed by atoms with E-state index >= 15 is 0 Å². The van der Waals surface area contributed by atoms with Gasteiger partial charge in [0.15, 0.2) is 11.5 Å². The summed E-state index contributed by atoms with van der Waals surface area (Å²) in [6.45, 7) is 4.12. The lowest BCUT2D eigenvalue weighted by molar-refractivity contribution is -0.385. The number of aryl methyl sites for hydroxylation is 2. The van der Waals surface area contributed by atoms with E-state index in [9.17, 15) is 10.1 Å². The molecule has 0 atom stereocenters. The van der Waals surface area contributed by atoms with Crippen LogP contribution in [0, 0.1) is 24.0 Å². The summed E-state index contributed by atoms with van der Waals surface area (Å²) in [5.74, 6) is 0.760. The van der Waals surface area contributed by atoms with Gasteiger partial charge < -0.3 is 9.47 Å². The minimum atomic E-state index is -0.438. The lowest BCUT2D eigenvalue weighted by Crippen LogP contribution is -1.96. The fourth-order valence-corrected chi connectivity index (χ4v) is 3.56. The quantitative estimate of drug-likeness (QED) is 0.466. The van der Waals surface area contributed by atoms with Gasteiger partial charge in [-0.05, 0) is 55.3 Å². The second-order valence-corrected chi connectivity index (χ2v) is 6.87. The molecule has 0 radical (unpaired) electrons. The van der Waals surface area contributed by atoms with E-state index in [1.807, 2.05) is 0 Å². The molecule has 7 heteroatoms. The molecule has 0 saturated carbocycles. The maximum absolute atomic E-state index is 11.4. The molecular weight excluding hydrogens is 352 g/mol. The molecule has 0 N–H and O–H groups in total. The van der Waals surface area contributed by atoms with Crippen LogP contribution in [-0.4, -0.2) is 24.1 Å². The van der Waals surface area contributed by atoms with Gasteiger partial charge in [-0.1, -0.05) is 0 Å². The Morgan fingerprint density at radius 1 is 1.04 bits per heavy atom. The molecule has 134 valence electrons. The highest BCUT2D eigenvalue weighted by molar-refractivity contribution is 7.19. The molecule has 0 bridgehead atoms. The Hall–Kier alpha value is -2.93. The van der Waals surface area contributed by atoms with Crippen molar-refractivity contribution in [2.75, 3.05) is 14.2 Å². The Morgan fingerprint density at radius 2 is 1.69 bits per heavy atom. The molecule has 0 amide bonds. The van der Waals surface area contributed by atoms with E-state index in [2.05, 4.69) is 31.0 Å². The number of nitro groups is 1. The number of hydrogen-bond acceptors (Lipinski definition) is 6. The number of benzene rings is 2. The molecule has 0 fully saturated rings. The van der Waals surface area contributed by atoms with Gasteiger partial charge in [0.2, 0.25) is 0 Å². The SMILES string of the molecule is COc1cc(/C=C/c2nc3cc(C)c(C)cc3s2)c([N+](=O)[O-])cc1OC. The molecule has 1 heterocycles. The van der Waals surface area contributed by atoms with Crippen molar-refractivity contribution in [2.24, 2.45) is 0 Å². The summed E-state index contributed by atoms with van der Waals surface area (Å²) in [6, 6.07) is 7.12. The van der Waals surface area contributed by atoms with Crippen LogP contribution in [0.4, 0.5) is 5.69 Å². The number of nitrogens with zero attached hydrogens (tertiary/aromatic N) is 2. The molecule has 0 aliphatic heterocycles. The van der Waals surface area contributed by atoms with E-state index in [4.69, 9.17) is 9.47 Å². The first-order valence-electron chi connectivity index (χ1n) is 7.89. The van der Waals surface area contributed by atoms with Crippen LogP contribution in [-0.2, 0) is 0 Å². The first kappa shape index (κ1) is 17.9. The number of rotatable bonds is 5. The van der Waals surface area contributed by atoms with Crippen molar-refractivity contribution in [1.29, 1.82) is 0 Å². The third-order valence-electron chi connectivity index (χ3n) is 4.16. The average molecular weight is 370 g/mol. The number of ether oxygens (including phenoxy) is 2. The summed E-state index contributed by atoms with van der Waals surface area (Å²) in [5.41, 5.74) is 3.71. The topological polar surface area (TPSA) is 74.5 Å². The molecular formula is C19H18N2O4S. The van der Waals surface area contributed by atoms with Gasteiger partial charge in [-0.25, -0.2) is 4.98 Å². The third-order valence-corrected chi connectivity index (χ3v) is 5.14. The smallest absolute Gasteiger partial charge is 0.280 e. The lowest BCUT2D eigenvalue weighted by Gasteiger charge is -2.08. The van der Waals surface area contributed by atoms with Gasteiger partial charge in [-0.2, -0.15) is 0 Å². The summed E-state index contributed by atoms with van der Waals surface area (Å²) < 4.78 is 11.5. The van der Waals surface area contributed by atoms with E-state index in [0.29, 0.717) is 17.1 Å². The van der Waals surface area contributed by atoms with Crippen LogP contribution in [0.2, 0.25) is 0 Å². The highest BCUT2D eigenvalue weighted by Gasteiger charge is 2.18. The van der Waals surface area contributed by atoms with Crippen molar-refractivity contribution in [3.05, 3.63) is 56.1 Å². The number of methoxy groups -OCH3 is 2. The third kappa shape index (κ3) is 3.39. The van der Waals surface area contributed by atoms with Crippen LogP contribution in [0.15, 0.2) is 24.3 Å². The van der Waals surface area contributed by atoms with Gasteiger partial charge in [0, 0.05) is 0 Å². The Morgan fingerprint density at radius 3 is 2.35 bits per heavy atom. The largest absolute Gasteiger partial charge is 0.493 e. The number of thiazole rings is 1. The second kappa shape index (κ2) is 7.13. The first-order valence-corrected chi connectivity index (χ1v) is 8.71. The molecule has 1 aromatic heterocycles. The summed E-state index contributed by atoms with van der Waals surface area (Å²) in [5, 5.41) is 12.2. The standard InChI is InChI=1S/C19H18N2O4S/c1-11-7-14-18(8-12(11)2)26-19(20-14)6-5-13-9-16(24-3)17(25-4)10-15(13)21(22)23/h5-10H,1-4H3/b6-5+. The predicted molar refractivity (Wildman–Crippen MR) is 104 cm³/mol. The molecule has 6 nitrogen and oxygen atoms in total. The Labute approximate surface area is 154 Å². The molecule has 0 saturated heterocycles. The highest BCUT2D eigenvalue weighted by Crippen LogP contribution is 2.35. The van der Waals surface area contributed by atoms with Crippen LogP contribution in [0.3, 0.4) is 0 Å². The molecule has 0 unspecified atom stereocenters. The molecule has 0 aliphatic carbocycles. The van der Waals surface area contributed by atoms with Gasteiger partial charge in [0.25, 0.3) is 5.69 Å². The predicted octanol–water partition coefficient (Wildman–Crippen LogP) is 5.01. The molecule has 2 aromatic carbocycles. The van der Waals surface area contributed by atoms with Crippen LogP contribution in [0.5, 0.6) is 11.5 Å². The number of nitro benzene ring substituents is 1. The lowest BCUT2D eigenvalue weighted by atomic mass is 10.1. The summed E-state index contributed by atoms with van der Waals surface area (Å²) >= 11 is 1.55. The molecule has 26 heavy (non-hydrogen) atoms. The van der Waals surface area contributed by atoms with Crippen molar-refractivity contribution in [1.82, 2.24) is 4.98 Å². The minimum Gasteiger partial charge on any atom is -0.493 e. The number of fused-ring (bicyclic) bond motifs is 1. The summed E-state index contributed by atoms with van der Waals surface area (Å²) in [4.78, 5) is 15.5. The molecule has 0 spiro atoms. The van der Waals surface area contributed by atoms with E-state index < -0.39 is 4.92 Å². The van der Waals surface area contributed by atoms with Gasteiger partial charge in [-0.3, -0.25) is 10.1 Å². The Kier molecular flexibility index (Phi) is 4.90. The number of hydrogen-bond donors (Lipinski definition) is 0.